The zero-order chi connectivity index (χ0) is 15.1. The van der Waals surface area contributed by atoms with E-state index in [-0.39, 0.29) is 5.91 Å². The summed E-state index contributed by atoms with van der Waals surface area (Å²) in [5, 5.41) is 2.91. The SMILES string of the molecule is CCCCOc1ccccc1NC(=O)c1ccc(C)cc1. The maximum Gasteiger partial charge on any atom is 0.255 e. The van der Waals surface area contributed by atoms with E-state index in [2.05, 4.69) is 12.2 Å². The van der Waals surface area contributed by atoms with Gasteiger partial charge >= 0.3 is 0 Å². The van der Waals surface area contributed by atoms with Gasteiger partial charge in [0.25, 0.3) is 5.91 Å². The summed E-state index contributed by atoms with van der Waals surface area (Å²) in [7, 11) is 0. The van der Waals surface area contributed by atoms with E-state index in [1.54, 1.807) is 0 Å². The third kappa shape index (κ3) is 4.35. The molecule has 0 heterocycles. The summed E-state index contributed by atoms with van der Waals surface area (Å²) in [6.45, 7) is 4.78. The summed E-state index contributed by atoms with van der Waals surface area (Å²) >= 11 is 0. The van der Waals surface area contributed by atoms with Crippen LogP contribution in [-0.4, -0.2) is 12.5 Å². The lowest BCUT2D eigenvalue weighted by Gasteiger charge is -2.12. The molecule has 1 amide bonds. The fourth-order valence-corrected chi connectivity index (χ4v) is 1.92. The minimum atomic E-state index is -0.124. The second-order valence-electron chi connectivity index (χ2n) is 5.02. The molecule has 0 radical (unpaired) electrons. The lowest BCUT2D eigenvalue weighted by atomic mass is 10.1. The fourth-order valence-electron chi connectivity index (χ4n) is 1.92. The summed E-state index contributed by atoms with van der Waals surface area (Å²) in [5.41, 5.74) is 2.48. The molecule has 0 bridgehead atoms. The van der Waals surface area contributed by atoms with Crippen LogP contribution in [0.25, 0.3) is 0 Å². The van der Waals surface area contributed by atoms with Gasteiger partial charge in [-0.2, -0.15) is 0 Å². The first-order valence-electron chi connectivity index (χ1n) is 7.30. The van der Waals surface area contributed by atoms with Crippen molar-refractivity contribution in [2.45, 2.75) is 26.7 Å². The van der Waals surface area contributed by atoms with Gasteiger partial charge in [-0.3, -0.25) is 4.79 Å². The number of aryl methyl sites for hydroxylation is 1. The van der Waals surface area contributed by atoms with Crippen LogP contribution in [0.3, 0.4) is 0 Å². The third-order valence-electron chi connectivity index (χ3n) is 3.20. The number of rotatable bonds is 6. The van der Waals surface area contributed by atoms with E-state index in [9.17, 15) is 4.79 Å². The van der Waals surface area contributed by atoms with Crippen LogP contribution in [0.15, 0.2) is 48.5 Å². The Bertz CT molecular complexity index is 590. The first kappa shape index (κ1) is 15.1. The van der Waals surface area contributed by atoms with E-state index in [1.807, 2.05) is 55.5 Å². The highest BCUT2D eigenvalue weighted by Crippen LogP contribution is 2.24. The van der Waals surface area contributed by atoms with Gasteiger partial charge in [-0.25, -0.2) is 0 Å². The molecule has 0 fully saturated rings. The van der Waals surface area contributed by atoms with Crippen LogP contribution in [0.4, 0.5) is 5.69 Å². The lowest BCUT2D eigenvalue weighted by Crippen LogP contribution is -2.13. The van der Waals surface area contributed by atoms with Crippen molar-refractivity contribution in [1.29, 1.82) is 0 Å². The Kier molecular flexibility index (Phi) is 5.38. The van der Waals surface area contributed by atoms with Crippen molar-refractivity contribution in [1.82, 2.24) is 0 Å². The molecular formula is C18H21NO2. The normalized spacial score (nSPS) is 10.2. The second-order valence-corrected chi connectivity index (χ2v) is 5.02. The number of amides is 1. The van der Waals surface area contributed by atoms with Crippen LogP contribution in [0, 0.1) is 6.92 Å². The van der Waals surface area contributed by atoms with E-state index in [1.165, 1.54) is 0 Å². The smallest absolute Gasteiger partial charge is 0.255 e. The van der Waals surface area contributed by atoms with Crippen LogP contribution in [0.5, 0.6) is 5.75 Å². The molecule has 3 heteroatoms. The highest BCUT2D eigenvalue weighted by molar-refractivity contribution is 6.05. The van der Waals surface area contributed by atoms with E-state index in [4.69, 9.17) is 4.74 Å². The van der Waals surface area contributed by atoms with Crippen molar-refractivity contribution in [2.75, 3.05) is 11.9 Å². The van der Waals surface area contributed by atoms with Crippen molar-refractivity contribution in [3.63, 3.8) is 0 Å². The molecule has 1 N–H and O–H groups in total. The number of anilines is 1. The van der Waals surface area contributed by atoms with Crippen LogP contribution in [0.2, 0.25) is 0 Å². The molecule has 0 unspecified atom stereocenters. The number of hydrogen-bond donors (Lipinski definition) is 1. The number of nitrogens with one attached hydrogen (secondary N) is 1. The van der Waals surface area contributed by atoms with Gasteiger partial charge < -0.3 is 10.1 Å². The summed E-state index contributed by atoms with van der Waals surface area (Å²) in [5.74, 6) is 0.591. The second kappa shape index (κ2) is 7.48. The highest BCUT2D eigenvalue weighted by atomic mass is 16.5. The molecule has 2 rings (SSSR count). The molecule has 0 spiro atoms. The monoisotopic (exact) mass is 283 g/mol. The number of hydrogen-bond acceptors (Lipinski definition) is 2. The minimum Gasteiger partial charge on any atom is -0.491 e. The van der Waals surface area contributed by atoms with E-state index >= 15 is 0 Å². The predicted octanol–water partition coefficient (Wildman–Crippen LogP) is 4.43. The van der Waals surface area contributed by atoms with Gasteiger partial charge in [0.1, 0.15) is 5.75 Å². The summed E-state index contributed by atoms with van der Waals surface area (Å²) in [6.07, 6.45) is 2.08. The molecule has 110 valence electrons. The van der Waals surface area contributed by atoms with Gasteiger partial charge in [0.15, 0.2) is 0 Å². The van der Waals surface area contributed by atoms with E-state index in [0.29, 0.717) is 23.6 Å². The molecular weight excluding hydrogens is 262 g/mol. The predicted molar refractivity (Wildman–Crippen MR) is 86.0 cm³/mol. The van der Waals surface area contributed by atoms with Gasteiger partial charge in [0.2, 0.25) is 0 Å². The first-order chi connectivity index (χ1) is 10.2. The Balaban J connectivity index is 2.08. The number of unbranched alkanes of at least 4 members (excludes halogenated alkanes) is 1. The average Bonchev–Trinajstić information content (AvgIpc) is 2.50. The zero-order valence-electron chi connectivity index (χ0n) is 12.6. The lowest BCUT2D eigenvalue weighted by molar-refractivity contribution is 0.102. The Labute approximate surface area is 126 Å². The van der Waals surface area contributed by atoms with Crippen LogP contribution in [-0.2, 0) is 0 Å². The molecule has 0 aliphatic heterocycles. The maximum absolute atomic E-state index is 12.2. The summed E-state index contributed by atoms with van der Waals surface area (Å²) < 4.78 is 5.72. The van der Waals surface area contributed by atoms with Gasteiger partial charge in [0.05, 0.1) is 12.3 Å². The standard InChI is InChI=1S/C18H21NO2/c1-3-4-13-21-17-8-6-5-7-16(17)19-18(20)15-11-9-14(2)10-12-15/h5-12H,3-4,13H2,1-2H3,(H,19,20). The van der Waals surface area contributed by atoms with Crippen molar-refractivity contribution in [3.05, 3.63) is 59.7 Å². The molecule has 0 aliphatic rings. The number of ether oxygens (including phenoxy) is 1. The largest absolute Gasteiger partial charge is 0.491 e. The minimum absolute atomic E-state index is 0.124. The van der Waals surface area contributed by atoms with Crippen molar-refractivity contribution in [3.8, 4) is 5.75 Å². The molecule has 0 aromatic heterocycles. The van der Waals surface area contributed by atoms with Crippen molar-refractivity contribution >= 4 is 11.6 Å². The van der Waals surface area contributed by atoms with Crippen LogP contribution < -0.4 is 10.1 Å². The number of carbonyl (C=O) groups is 1. The fraction of sp³-hybridized carbons (Fsp3) is 0.278. The third-order valence-corrected chi connectivity index (χ3v) is 3.20. The van der Waals surface area contributed by atoms with Gasteiger partial charge in [0, 0.05) is 5.56 Å². The molecule has 2 aromatic carbocycles. The quantitative estimate of drug-likeness (QED) is 0.797. The Morgan fingerprint density at radius 3 is 2.52 bits per heavy atom. The molecule has 0 atom stereocenters. The molecule has 2 aromatic rings. The first-order valence-corrected chi connectivity index (χ1v) is 7.30. The molecule has 0 saturated carbocycles. The van der Waals surface area contributed by atoms with Crippen LogP contribution >= 0.6 is 0 Å². The van der Waals surface area contributed by atoms with Crippen molar-refractivity contribution < 1.29 is 9.53 Å². The highest BCUT2D eigenvalue weighted by Gasteiger charge is 2.09. The molecule has 21 heavy (non-hydrogen) atoms. The van der Waals surface area contributed by atoms with Gasteiger partial charge in [-0.05, 0) is 37.6 Å². The van der Waals surface area contributed by atoms with E-state index < -0.39 is 0 Å². The number of benzene rings is 2. The van der Waals surface area contributed by atoms with Gasteiger partial charge in [-0.1, -0.05) is 43.2 Å². The zero-order valence-corrected chi connectivity index (χ0v) is 12.6. The Hall–Kier alpha value is -2.29. The number of carbonyl (C=O) groups excluding carboxylic acids is 1. The Morgan fingerprint density at radius 1 is 1.10 bits per heavy atom. The Morgan fingerprint density at radius 2 is 1.81 bits per heavy atom. The molecule has 0 aliphatic carbocycles. The topological polar surface area (TPSA) is 38.3 Å². The van der Waals surface area contributed by atoms with Gasteiger partial charge in [-0.15, -0.1) is 0 Å². The molecule has 0 saturated heterocycles. The summed E-state index contributed by atoms with van der Waals surface area (Å²) in [6, 6.07) is 15.0. The van der Waals surface area contributed by atoms with E-state index in [0.717, 1.165) is 18.4 Å². The number of para-hydroxylation sites is 2. The van der Waals surface area contributed by atoms with Crippen molar-refractivity contribution in [2.24, 2.45) is 0 Å². The summed E-state index contributed by atoms with van der Waals surface area (Å²) in [4.78, 5) is 12.2. The average molecular weight is 283 g/mol. The molecule has 3 nitrogen and oxygen atoms in total. The van der Waals surface area contributed by atoms with Crippen LogP contribution in [0.1, 0.15) is 35.7 Å². The maximum atomic E-state index is 12.2.